The monoisotopic (exact) mass is 212 g/mol. The molecule has 1 saturated carbocycles. The number of nitrogens with two attached hydrogens (primary N) is 1. The molecule has 0 saturated heterocycles. The highest BCUT2D eigenvalue weighted by Crippen LogP contribution is 2.27. The lowest BCUT2D eigenvalue weighted by atomic mass is 9.93. The van der Waals surface area contributed by atoms with E-state index in [1.165, 1.54) is 38.5 Å². The summed E-state index contributed by atoms with van der Waals surface area (Å²) >= 11 is 0. The fraction of sp³-hybridized carbons (Fsp3) is 1.00. The van der Waals surface area contributed by atoms with Gasteiger partial charge in [0, 0.05) is 17.6 Å². The van der Waals surface area contributed by atoms with E-state index in [2.05, 4.69) is 32.7 Å². The minimum atomic E-state index is 0.284. The summed E-state index contributed by atoms with van der Waals surface area (Å²) in [6, 6.07) is 0.964. The highest BCUT2D eigenvalue weighted by Gasteiger charge is 2.31. The van der Waals surface area contributed by atoms with Crippen molar-refractivity contribution in [3.05, 3.63) is 0 Å². The van der Waals surface area contributed by atoms with Gasteiger partial charge in [-0.05, 0) is 40.2 Å². The zero-order valence-electron chi connectivity index (χ0n) is 10.9. The zero-order chi connectivity index (χ0) is 11.5. The zero-order valence-corrected chi connectivity index (χ0v) is 10.9. The molecule has 0 aromatic rings. The first-order chi connectivity index (χ1) is 6.99. The molecule has 1 aliphatic rings. The Morgan fingerprint density at radius 1 is 1.20 bits per heavy atom. The first-order valence-corrected chi connectivity index (χ1v) is 6.47. The molecule has 2 N–H and O–H groups in total. The standard InChI is InChI=1S/C13H28N2/c1-5-13(2,3)15(4)12-10-8-6-7-9-11(12)14/h11-12H,5-10,14H2,1-4H3. The highest BCUT2D eigenvalue weighted by molar-refractivity contribution is 4.90. The van der Waals surface area contributed by atoms with Gasteiger partial charge in [-0.1, -0.05) is 26.2 Å². The third-order valence-corrected chi connectivity index (χ3v) is 4.35. The van der Waals surface area contributed by atoms with Crippen LogP contribution in [0.5, 0.6) is 0 Å². The molecular weight excluding hydrogens is 184 g/mol. The van der Waals surface area contributed by atoms with E-state index in [-0.39, 0.29) is 5.54 Å². The van der Waals surface area contributed by atoms with Crippen molar-refractivity contribution in [2.75, 3.05) is 7.05 Å². The van der Waals surface area contributed by atoms with E-state index < -0.39 is 0 Å². The van der Waals surface area contributed by atoms with Crippen LogP contribution in [0.15, 0.2) is 0 Å². The molecule has 1 fully saturated rings. The summed E-state index contributed by atoms with van der Waals surface area (Å²) in [5.74, 6) is 0. The Kier molecular flexibility index (Phi) is 4.60. The predicted octanol–water partition coefficient (Wildman–Crippen LogP) is 2.77. The molecule has 90 valence electrons. The molecule has 0 aromatic carbocycles. The summed E-state index contributed by atoms with van der Waals surface area (Å²) in [5.41, 5.74) is 6.57. The Labute approximate surface area is 95.2 Å². The van der Waals surface area contributed by atoms with Crippen LogP contribution in [0.2, 0.25) is 0 Å². The van der Waals surface area contributed by atoms with Gasteiger partial charge in [0.15, 0.2) is 0 Å². The van der Waals surface area contributed by atoms with E-state index in [9.17, 15) is 0 Å². The molecule has 0 heterocycles. The van der Waals surface area contributed by atoms with Crippen LogP contribution in [0.25, 0.3) is 0 Å². The predicted molar refractivity (Wildman–Crippen MR) is 67.0 cm³/mol. The maximum absolute atomic E-state index is 6.29. The van der Waals surface area contributed by atoms with Crippen LogP contribution in [0.4, 0.5) is 0 Å². The van der Waals surface area contributed by atoms with Gasteiger partial charge >= 0.3 is 0 Å². The minimum absolute atomic E-state index is 0.284. The molecular formula is C13H28N2. The van der Waals surface area contributed by atoms with Gasteiger partial charge in [0.1, 0.15) is 0 Å². The molecule has 0 bridgehead atoms. The minimum Gasteiger partial charge on any atom is -0.326 e. The fourth-order valence-corrected chi connectivity index (χ4v) is 2.50. The molecule has 2 heteroatoms. The van der Waals surface area contributed by atoms with Crippen molar-refractivity contribution in [2.24, 2.45) is 5.73 Å². The fourth-order valence-electron chi connectivity index (χ4n) is 2.50. The molecule has 2 nitrogen and oxygen atoms in total. The summed E-state index contributed by atoms with van der Waals surface area (Å²) in [5, 5.41) is 0. The van der Waals surface area contributed by atoms with E-state index in [0.29, 0.717) is 12.1 Å². The largest absolute Gasteiger partial charge is 0.326 e. The van der Waals surface area contributed by atoms with Gasteiger partial charge in [0.05, 0.1) is 0 Å². The smallest absolute Gasteiger partial charge is 0.0249 e. The summed E-state index contributed by atoms with van der Waals surface area (Å²) in [6.45, 7) is 6.91. The quantitative estimate of drug-likeness (QED) is 0.729. The van der Waals surface area contributed by atoms with E-state index >= 15 is 0 Å². The summed E-state index contributed by atoms with van der Waals surface area (Å²) in [4.78, 5) is 2.52. The Balaban J connectivity index is 2.67. The third-order valence-electron chi connectivity index (χ3n) is 4.35. The number of nitrogens with zero attached hydrogens (tertiary/aromatic N) is 1. The van der Waals surface area contributed by atoms with Gasteiger partial charge in [-0.25, -0.2) is 0 Å². The van der Waals surface area contributed by atoms with Gasteiger partial charge in [-0.3, -0.25) is 4.90 Å². The topological polar surface area (TPSA) is 29.3 Å². The van der Waals surface area contributed by atoms with Gasteiger partial charge in [0.25, 0.3) is 0 Å². The maximum atomic E-state index is 6.29. The lowest BCUT2D eigenvalue weighted by molar-refractivity contribution is 0.0779. The molecule has 0 radical (unpaired) electrons. The van der Waals surface area contributed by atoms with Crippen molar-refractivity contribution in [3.63, 3.8) is 0 Å². The van der Waals surface area contributed by atoms with Crippen molar-refractivity contribution >= 4 is 0 Å². The van der Waals surface area contributed by atoms with Crippen LogP contribution in [0.1, 0.15) is 59.3 Å². The number of likely N-dealkylation sites (N-methyl/N-ethyl adjacent to an activating group) is 1. The van der Waals surface area contributed by atoms with E-state index in [1.54, 1.807) is 0 Å². The Hall–Kier alpha value is -0.0800. The molecule has 0 aromatic heterocycles. The van der Waals surface area contributed by atoms with E-state index in [1.807, 2.05) is 0 Å². The van der Waals surface area contributed by atoms with Gasteiger partial charge in [-0.15, -0.1) is 0 Å². The van der Waals surface area contributed by atoms with Crippen LogP contribution in [0.3, 0.4) is 0 Å². The molecule has 1 aliphatic carbocycles. The van der Waals surface area contributed by atoms with Crippen molar-refractivity contribution in [3.8, 4) is 0 Å². The van der Waals surface area contributed by atoms with Gasteiger partial charge < -0.3 is 5.73 Å². The summed E-state index contributed by atoms with van der Waals surface area (Å²) in [6.07, 6.45) is 7.70. The van der Waals surface area contributed by atoms with E-state index in [4.69, 9.17) is 5.73 Å². The molecule has 2 atom stereocenters. The number of hydrogen-bond donors (Lipinski definition) is 1. The summed E-state index contributed by atoms with van der Waals surface area (Å²) < 4.78 is 0. The molecule has 0 amide bonds. The van der Waals surface area contributed by atoms with Crippen molar-refractivity contribution in [1.29, 1.82) is 0 Å². The van der Waals surface area contributed by atoms with Crippen molar-refractivity contribution < 1.29 is 0 Å². The van der Waals surface area contributed by atoms with Crippen molar-refractivity contribution in [2.45, 2.75) is 76.9 Å². The number of rotatable bonds is 3. The second-order valence-electron chi connectivity index (χ2n) is 5.65. The second kappa shape index (κ2) is 5.31. The van der Waals surface area contributed by atoms with Gasteiger partial charge in [0.2, 0.25) is 0 Å². The molecule has 0 spiro atoms. The Bertz CT molecular complexity index is 189. The van der Waals surface area contributed by atoms with Gasteiger partial charge in [-0.2, -0.15) is 0 Å². The van der Waals surface area contributed by atoms with Crippen molar-refractivity contribution in [1.82, 2.24) is 4.90 Å². The van der Waals surface area contributed by atoms with Crippen LogP contribution in [-0.4, -0.2) is 29.6 Å². The highest BCUT2D eigenvalue weighted by atomic mass is 15.2. The Morgan fingerprint density at radius 3 is 2.40 bits per heavy atom. The normalized spacial score (nSPS) is 29.2. The number of hydrogen-bond acceptors (Lipinski definition) is 2. The average Bonchev–Trinajstić information content (AvgIpc) is 2.41. The maximum Gasteiger partial charge on any atom is 0.0249 e. The van der Waals surface area contributed by atoms with Crippen LogP contribution in [0, 0.1) is 0 Å². The molecule has 2 unspecified atom stereocenters. The van der Waals surface area contributed by atoms with Crippen LogP contribution in [-0.2, 0) is 0 Å². The van der Waals surface area contributed by atoms with Crippen LogP contribution >= 0.6 is 0 Å². The molecule has 1 rings (SSSR count). The first-order valence-electron chi connectivity index (χ1n) is 6.47. The Morgan fingerprint density at radius 2 is 1.80 bits per heavy atom. The lowest BCUT2D eigenvalue weighted by Gasteiger charge is -2.42. The SMILES string of the molecule is CCC(C)(C)N(C)C1CCCCCC1N. The third kappa shape index (κ3) is 3.18. The second-order valence-corrected chi connectivity index (χ2v) is 5.65. The lowest BCUT2D eigenvalue weighted by Crippen LogP contribution is -2.53. The summed E-state index contributed by atoms with van der Waals surface area (Å²) in [7, 11) is 2.25. The van der Waals surface area contributed by atoms with Crippen LogP contribution < -0.4 is 5.73 Å². The average molecular weight is 212 g/mol. The molecule has 0 aliphatic heterocycles. The van der Waals surface area contributed by atoms with E-state index in [0.717, 1.165) is 0 Å². The molecule has 15 heavy (non-hydrogen) atoms. The first kappa shape index (κ1) is 13.0.